The summed E-state index contributed by atoms with van der Waals surface area (Å²) in [4.78, 5) is 11.9. The van der Waals surface area contributed by atoms with Crippen LogP contribution in [0.25, 0.3) is 11.3 Å². The predicted octanol–water partition coefficient (Wildman–Crippen LogP) is 1.56. The van der Waals surface area contributed by atoms with Crippen LogP contribution in [0.4, 0.5) is 0 Å². The molecule has 0 unspecified atom stereocenters. The number of benzene rings is 1. The van der Waals surface area contributed by atoms with Crippen molar-refractivity contribution in [3.63, 3.8) is 0 Å². The SMILES string of the molecule is CCNCc1cc(-c2ccccc2)nn(C)c1=O. The van der Waals surface area contributed by atoms with E-state index in [0.29, 0.717) is 6.54 Å². The van der Waals surface area contributed by atoms with Crippen LogP contribution < -0.4 is 10.9 Å². The van der Waals surface area contributed by atoms with E-state index in [0.717, 1.165) is 23.4 Å². The van der Waals surface area contributed by atoms with Gasteiger partial charge < -0.3 is 5.32 Å². The summed E-state index contributed by atoms with van der Waals surface area (Å²) >= 11 is 0. The van der Waals surface area contributed by atoms with Gasteiger partial charge >= 0.3 is 0 Å². The molecule has 18 heavy (non-hydrogen) atoms. The molecular weight excluding hydrogens is 226 g/mol. The van der Waals surface area contributed by atoms with Crippen LogP contribution in [0, 0.1) is 0 Å². The Hall–Kier alpha value is -1.94. The number of nitrogens with zero attached hydrogens (tertiary/aromatic N) is 2. The molecule has 0 saturated heterocycles. The molecule has 0 fully saturated rings. The highest BCUT2D eigenvalue weighted by Gasteiger charge is 2.07. The summed E-state index contributed by atoms with van der Waals surface area (Å²) in [7, 11) is 1.68. The summed E-state index contributed by atoms with van der Waals surface area (Å²) in [5.74, 6) is 0. The minimum Gasteiger partial charge on any atom is -0.313 e. The Labute approximate surface area is 106 Å². The first-order valence-corrected chi connectivity index (χ1v) is 6.05. The molecule has 0 bridgehead atoms. The lowest BCUT2D eigenvalue weighted by molar-refractivity contribution is 0.665. The molecule has 2 aromatic rings. The quantitative estimate of drug-likeness (QED) is 0.886. The molecule has 1 N–H and O–H groups in total. The lowest BCUT2D eigenvalue weighted by Gasteiger charge is -2.07. The van der Waals surface area contributed by atoms with E-state index in [1.807, 2.05) is 43.3 Å². The lowest BCUT2D eigenvalue weighted by Crippen LogP contribution is -2.27. The zero-order valence-corrected chi connectivity index (χ0v) is 10.7. The van der Waals surface area contributed by atoms with E-state index in [9.17, 15) is 4.79 Å². The Morgan fingerprint density at radius 1 is 1.28 bits per heavy atom. The largest absolute Gasteiger partial charge is 0.313 e. The number of hydrogen-bond acceptors (Lipinski definition) is 3. The van der Waals surface area contributed by atoms with Crippen LogP contribution in [0.3, 0.4) is 0 Å². The molecule has 0 aliphatic rings. The van der Waals surface area contributed by atoms with Crippen LogP contribution in [-0.2, 0) is 13.6 Å². The van der Waals surface area contributed by atoms with Crippen molar-refractivity contribution in [2.45, 2.75) is 13.5 Å². The number of aromatic nitrogens is 2. The summed E-state index contributed by atoms with van der Waals surface area (Å²) in [6.07, 6.45) is 0. The molecule has 1 aromatic heterocycles. The Bertz CT molecular complexity index is 575. The van der Waals surface area contributed by atoms with E-state index in [1.165, 1.54) is 4.68 Å². The Kier molecular flexibility index (Phi) is 3.89. The minimum atomic E-state index is -0.0457. The number of hydrogen-bond donors (Lipinski definition) is 1. The molecule has 0 saturated carbocycles. The molecule has 0 aliphatic heterocycles. The second kappa shape index (κ2) is 5.60. The normalized spacial score (nSPS) is 10.6. The maximum Gasteiger partial charge on any atom is 0.271 e. The molecule has 1 aromatic carbocycles. The summed E-state index contributed by atoms with van der Waals surface area (Å²) in [5, 5.41) is 7.46. The van der Waals surface area contributed by atoms with Gasteiger partial charge in [0.05, 0.1) is 5.69 Å². The maximum absolute atomic E-state index is 11.9. The van der Waals surface area contributed by atoms with Gasteiger partial charge in [-0.25, -0.2) is 4.68 Å². The van der Waals surface area contributed by atoms with Gasteiger partial charge in [-0.2, -0.15) is 5.10 Å². The lowest BCUT2D eigenvalue weighted by atomic mass is 10.1. The molecule has 0 atom stereocenters. The Morgan fingerprint density at radius 3 is 2.67 bits per heavy atom. The van der Waals surface area contributed by atoms with E-state index in [-0.39, 0.29) is 5.56 Å². The third-order valence-electron chi connectivity index (χ3n) is 2.77. The highest BCUT2D eigenvalue weighted by atomic mass is 16.1. The number of rotatable bonds is 4. The van der Waals surface area contributed by atoms with Crippen LogP contribution in [0.1, 0.15) is 12.5 Å². The zero-order chi connectivity index (χ0) is 13.0. The Morgan fingerprint density at radius 2 is 2.00 bits per heavy atom. The first-order valence-electron chi connectivity index (χ1n) is 6.05. The van der Waals surface area contributed by atoms with Crippen molar-refractivity contribution in [2.24, 2.45) is 7.05 Å². The van der Waals surface area contributed by atoms with Gasteiger partial charge in [0.15, 0.2) is 0 Å². The van der Waals surface area contributed by atoms with Gasteiger partial charge in [-0.3, -0.25) is 4.79 Å². The molecule has 4 nitrogen and oxygen atoms in total. The van der Waals surface area contributed by atoms with Crippen molar-refractivity contribution in [1.82, 2.24) is 15.1 Å². The summed E-state index contributed by atoms with van der Waals surface area (Å²) in [6, 6.07) is 11.7. The molecule has 0 amide bonds. The van der Waals surface area contributed by atoms with Crippen LogP contribution in [0.15, 0.2) is 41.2 Å². The summed E-state index contributed by atoms with van der Waals surface area (Å²) < 4.78 is 1.40. The molecule has 0 aliphatic carbocycles. The minimum absolute atomic E-state index is 0.0457. The van der Waals surface area contributed by atoms with E-state index >= 15 is 0 Å². The van der Waals surface area contributed by atoms with E-state index < -0.39 is 0 Å². The van der Waals surface area contributed by atoms with Crippen molar-refractivity contribution in [2.75, 3.05) is 6.54 Å². The van der Waals surface area contributed by atoms with Crippen LogP contribution >= 0.6 is 0 Å². The van der Waals surface area contributed by atoms with E-state index in [1.54, 1.807) is 7.05 Å². The molecule has 94 valence electrons. The smallest absolute Gasteiger partial charge is 0.271 e. The molecule has 1 heterocycles. The van der Waals surface area contributed by atoms with Crippen molar-refractivity contribution in [3.8, 4) is 11.3 Å². The standard InChI is InChI=1S/C14H17N3O/c1-3-15-10-12-9-13(16-17(2)14(12)18)11-7-5-4-6-8-11/h4-9,15H,3,10H2,1-2H3. The fourth-order valence-corrected chi connectivity index (χ4v) is 1.81. The van der Waals surface area contributed by atoms with Gasteiger partial charge in [0.25, 0.3) is 5.56 Å². The fraction of sp³-hybridized carbons (Fsp3) is 0.286. The van der Waals surface area contributed by atoms with Crippen molar-refractivity contribution >= 4 is 0 Å². The van der Waals surface area contributed by atoms with Crippen LogP contribution in [0.2, 0.25) is 0 Å². The second-order valence-electron chi connectivity index (χ2n) is 4.13. The molecule has 2 rings (SSSR count). The summed E-state index contributed by atoms with van der Waals surface area (Å²) in [5.41, 5.74) is 2.54. The Balaban J connectivity index is 2.44. The van der Waals surface area contributed by atoms with E-state index in [2.05, 4.69) is 10.4 Å². The number of nitrogens with one attached hydrogen (secondary N) is 1. The second-order valence-corrected chi connectivity index (χ2v) is 4.13. The average molecular weight is 243 g/mol. The average Bonchev–Trinajstić information content (AvgIpc) is 2.41. The van der Waals surface area contributed by atoms with Gasteiger partial charge in [-0.1, -0.05) is 37.3 Å². The third kappa shape index (κ3) is 2.65. The molecular formula is C14H17N3O. The van der Waals surface area contributed by atoms with Gasteiger partial charge in [0.1, 0.15) is 0 Å². The van der Waals surface area contributed by atoms with Gasteiger partial charge in [0, 0.05) is 24.7 Å². The number of aryl methyl sites for hydroxylation is 1. The van der Waals surface area contributed by atoms with Gasteiger partial charge in [-0.15, -0.1) is 0 Å². The van der Waals surface area contributed by atoms with Gasteiger partial charge in [0.2, 0.25) is 0 Å². The van der Waals surface area contributed by atoms with Crippen LogP contribution in [-0.4, -0.2) is 16.3 Å². The highest BCUT2D eigenvalue weighted by molar-refractivity contribution is 5.58. The predicted molar refractivity (Wildman–Crippen MR) is 72.3 cm³/mol. The molecule has 0 radical (unpaired) electrons. The van der Waals surface area contributed by atoms with Gasteiger partial charge in [-0.05, 0) is 12.6 Å². The monoisotopic (exact) mass is 243 g/mol. The van der Waals surface area contributed by atoms with E-state index in [4.69, 9.17) is 0 Å². The van der Waals surface area contributed by atoms with Crippen LogP contribution in [0.5, 0.6) is 0 Å². The maximum atomic E-state index is 11.9. The summed E-state index contributed by atoms with van der Waals surface area (Å²) in [6.45, 7) is 3.43. The fourth-order valence-electron chi connectivity index (χ4n) is 1.81. The van der Waals surface area contributed by atoms with Crippen molar-refractivity contribution in [3.05, 3.63) is 52.3 Å². The molecule has 0 spiro atoms. The first kappa shape index (κ1) is 12.5. The third-order valence-corrected chi connectivity index (χ3v) is 2.77. The first-order chi connectivity index (χ1) is 8.72. The molecule has 4 heteroatoms. The highest BCUT2D eigenvalue weighted by Crippen LogP contribution is 2.15. The topological polar surface area (TPSA) is 46.9 Å². The van der Waals surface area contributed by atoms with Crippen molar-refractivity contribution in [1.29, 1.82) is 0 Å². The zero-order valence-electron chi connectivity index (χ0n) is 10.7. The van der Waals surface area contributed by atoms with Crippen molar-refractivity contribution < 1.29 is 0 Å².